The maximum Gasteiger partial charge on any atom is 0.0603 e. The molecule has 3 nitrogen and oxygen atoms in total. The van der Waals surface area contributed by atoms with Gasteiger partial charge in [0, 0.05) is 18.8 Å². The second kappa shape index (κ2) is 6.74. The maximum atomic E-state index is 4.34. The Kier molecular flexibility index (Phi) is 5.00. The molecular formula is C15H25N3. The van der Waals surface area contributed by atoms with Crippen LogP contribution in [0.15, 0.2) is 18.3 Å². The fourth-order valence-corrected chi connectivity index (χ4v) is 2.70. The van der Waals surface area contributed by atoms with Gasteiger partial charge in [0.25, 0.3) is 0 Å². The van der Waals surface area contributed by atoms with Crippen LogP contribution in [-0.4, -0.2) is 35.6 Å². The Hall–Kier alpha value is -1.09. The Labute approximate surface area is 111 Å². The number of aryl methyl sites for hydroxylation is 1. The van der Waals surface area contributed by atoms with Gasteiger partial charge in [-0.2, -0.15) is 0 Å². The summed E-state index contributed by atoms with van der Waals surface area (Å²) in [4.78, 5) is 6.93. The van der Waals surface area contributed by atoms with Crippen LogP contribution in [0.25, 0.3) is 0 Å². The first-order valence-corrected chi connectivity index (χ1v) is 7.20. The molecule has 0 aliphatic carbocycles. The van der Waals surface area contributed by atoms with E-state index in [4.69, 9.17) is 0 Å². The predicted octanol–water partition coefficient (Wildman–Crippen LogP) is 3.07. The van der Waals surface area contributed by atoms with Gasteiger partial charge in [-0.25, -0.2) is 0 Å². The molecule has 1 fully saturated rings. The van der Waals surface area contributed by atoms with Crippen LogP contribution in [0.4, 0.5) is 5.69 Å². The normalized spacial score (nSPS) is 21.6. The molecule has 0 radical (unpaired) electrons. The smallest absolute Gasteiger partial charge is 0.0603 e. The van der Waals surface area contributed by atoms with Gasteiger partial charge in [0.1, 0.15) is 0 Å². The fraction of sp³-hybridized carbons (Fsp3) is 0.667. The van der Waals surface area contributed by atoms with Crippen LogP contribution < -0.4 is 5.32 Å². The number of hydrogen-bond acceptors (Lipinski definition) is 3. The first-order valence-electron chi connectivity index (χ1n) is 7.20. The van der Waals surface area contributed by atoms with Gasteiger partial charge < -0.3 is 10.2 Å². The molecular weight excluding hydrogens is 222 g/mol. The van der Waals surface area contributed by atoms with E-state index in [0.717, 1.165) is 5.69 Å². The summed E-state index contributed by atoms with van der Waals surface area (Å²) < 4.78 is 0. The van der Waals surface area contributed by atoms with Gasteiger partial charge in [0.05, 0.1) is 11.4 Å². The minimum atomic E-state index is 0.606. The van der Waals surface area contributed by atoms with Crippen LogP contribution >= 0.6 is 0 Å². The molecule has 1 aliphatic rings. The van der Waals surface area contributed by atoms with Crippen molar-refractivity contribution in [2.75, 3.05) is 25.0 Å². The molecule has 0 aromatic carbocycles. The quantitative estimate of drug-likeness (QED) is 0.886. The van der Waals surface area contributed by atoms with Gasteiger partial charge in [0.2, 0.25) is 0 Å². The van der Waals surface area contributed by atoms with Gasteiger partial charge in [-0.05, 0) is 57.8 Å². The number of likely N-dealkylation sites (tertiary alicyclic amines) is 1. The molecule has 1 atom stereocenters. The van der Waals surface area contributed by atoms with Gasteiger partial charge in [-0.3, -0.25) is 4.98 Å². The Morgan fingerprint density at radius 3 is 3.06 bits per heavy atom. The van der Waals surface area contributed by atoms with E-state index in [-0.39, 0.29) is 0 Å². The highest BCUT2D eigenvalue weighted by Gasteiger charge is 2.16. The molecule has 1 saturated heterocycles. The van der Waals surface area contributed by atoms with Crippen LogP contribution in [0.3, 0.4) is 0 Å². The van der Waals surface area contributed by atoms with Crippen LogP contribution in [-0.2, 0) is 0 Å². The second-order valence-electron chi connectivity index (χ2n) is 5.25. The van der Waals surface area contributed by atoms with E-state index in [0.29, 0.717) is 6.04 Å². The van der Waals surface area contributed by atoms with Crippen LogP contribution in [0.1, 0.15) is 38.3 Å². The van der Waals surface area contributed by atoms with Crippen molar-refractivity contribution >= 4 is 5.69 Å². The number of nitrogens with one attached hydrogen (secondary N) is 1. The first kappa shape index (κ1) is 13.3. The van der Waals surface area contributed by atoms with Gasteiger partial charge in [0.15, 0.2) is 0 Å². The summed E-state index contributed by atoms with van der Waals surface area (Å²) >= 11 is 0. The maximum absolute atomic E-state index is 4.34. The average molecular weight is 247 g/mol. The molecule has 0 amide bonds. The molecule has 1 unspecified atom stereocenters. The lowest BCUT2D eigenvalue weighted by Gasteiger charge is -2.20. The fourth-order valence-electron chi connectivity index (χ4n) is 2.70. The van der Waals surface area contributed by atoms with Gasteiger partial charge in [-0.15, -0.1) is 0 Å². The molecule has 2 heterocycles. The summed E-state index contributed by atoms with van der Waals surface area (Å²) in [5.74, 6) is 0. The number of rotatable bonds is 4. The molecule has 1 aromatic rings. The van der Waals surface area contributed by atoms with Gasteiger partial charge in [-0.1, -0.05) is 6.92 Å². The summed E-state index contributed by atoms with van der Waals surface area (Å²) in [7, 11) is 0. The lowest BCUT2D eigenvalue weighted by Crippen LogP contribution is -2.27. The van der Waals surface area contributed by atoms with Crippen molar-refractivity contribution < 1.29 is 0 Å². The summed E-state index contributed by atoms with van der Waals surface area (Å²) in [6.07, 6.45) is 6.94. The van der Waals surface area contributed by atoms with Crippen molar-refractivity contribution in [3.8, 4) is 0 Å². The molecule has 1 aliphatic heterocycles. The topological polar surface area (TPSA) is 28.2 Å². The molecule has 0 spiro atoms. The summed E-state index contributed by atoms with van der Waals surface area (Å²) in [5.41, 5.74) is 2.30. The first-order chi connectivity index (χ1) is 8.79. The molecule has 3 heteroatoms. The summed E-state index contributed by atoms with van der Waals surface area (Å²) in [5, 5.41) is 3.66. The average Bonchev–Trinajstić information content (AvgIpc) is 2.59. The highest BCUT2D eigenvalue weighted by atomic mass is 15.1. The zero-order valence-electron chi connectivity index (χ0n) is 11.7. The Bertz CT molecular complexity index is 365. The molecule has 18 heavy (non-hydrogen) atoms. The molecule has 1 aromatic heterocycles. The Balaban J connectivity index is 1.89. The number of aromatic nitrogens is 1. The number of pyridine rings is 1. The van der Waals surface area contributed by atoms with E-state index in [1.807, 2.05) is 12.3 Å². The third-order valence-electron chi connectivity index (χ3n) is 3.73. The summed E-state index contributed by atoms with van der Waals surface area (Å²) in [6, 6.07) is 4.75. The lowest BCUT2D eigenvalue weighted by molar-refractivity contribution is 0.285. The number of anilines is 1. The van der Waals surface area contributed by atoms with E-state index in [2.05, 4.69) is 35.1 Å². The monoisotopic (exact) mass is 247 g/mol. The standard InChI is InChI=1S/C15H25N3/c1-3-10-18-11-5-6-14(8-12-18)17-15-7-4-9-16-13(15)2/h4,7,9,14,17H,3,5-6,8,10-12H2,1-2H3. The molecule has 0 bridgehead atoms. The molecule has 100 valence electrons. The molecule has 2 rings (SSSR count). The second-order valence-corrected chi connectivity index (χ2v) is 5.25. The highest BCUT2D eigenvalue weighted by molar-refractivity contribution is 5.47. The van der Waals surface area contributed by atoms with Crippen molar-refractivity contribution in [3.63, 3.8) is 0 Å². The van der Waals surface area contributed by atoms with E-state index in [9.17, 15) is 0 Å². The third kappa shape index (κ3) is 3.70. The van der Waals surface area contributed by atoms with Crippen LogP contribution in [0.5, 0.6) is 0 Å². The van der Waals surface area contributed by atoms with Crippen molar-refractivity contribution in [2.45, 2.75) is 45.6 Å². The van der Waals surface area contributed by atoms with Crippen LogP contribution in [0.2, 0.25) is 0 Å². The van der Waals surface area contributed by atoms with Crippen molar-refractivity contribution in [2.24, 2.45) is 0 Å². The predicted molar refractivity (Wildman–Crippen MR) is 77.0 cm³/mol. The van der Waals surface area contributed by atoms with Crippen molar-refractivity contribution in [1.82, 2.24) is 9.88 Å². The summed E-state index contributed by atoms with van der Waals surface area (Å²) in [6.45, 7) is 8.07. The van der Waals surface area contributed by atoms with Crippen molar-refractivity contribution in [1.29, 1.82) is 0 Å². The zero-order valence-corrected chi connectivity index (χ0v) is 11.7. The van der Waals surface area contributed by atoms with E-state index in [1.165, 1.54) is 51.0 Å². The molecule has 1 N–H and O–H groups in total. The number of hydrogen-bond donors (Lipinski definition) is 1. The van der Waals surface area contributed by atoms with E-state index < -0.39 is 0 Å². The SMILES string of the molecule is CCCN1CCCC(Nc2cccnc2C)CC1. The minimum absolute atomic E-state index is 0.606. The van der Waals surface area contributed by atoms with Gasteiger partial charge >= 0.3 is 0 Å². The minimum Gasteiger partial charge on any atom is -0.381 e. The third-order valence-corrected chi connectivity index (χ3v) is 3.73. The van der Waals surface area contributed by atoms with Crippen molar-refractivity contribution in [3.05, 3.63) is 24.0 Å². The largest absolute Gasteiger partial charge is 0.381 e. The number of nitrogens with zero attached hydrogens (tertiary/aromatic N) is 2. The van der Waals surface area contributed by atoms with E-state index >= 15 is 0 Å². The Morgan fingerprint density at radius 2 is 2.28 bits per heavy atom. The van der Waals surface area contributed by atoms with E-state index in [1.54, 1.807) is 0 Å². The zero-order chi connectivity index (χ0) is 12.8. The highest BCUT2D eigenvalue weighted by Crippen LogP contribution is 2.18. The molecule has 0 saturated carbocycles. The van der Waals surface area contributed by atoms with Crippen LogP contribution in [0, 0.1) is 6.92 Å². The lowest BCUT2D eigenvalue weighted by atomic mass is 10.1. The Morgan fingerprint density at radius 1 is 1.39 bits per heavy atom.